The van der Waals surface area contributed by atoms with Gasteiger partial charge in [0.25, 0.3) is 0 Å². The Balaban J connectivity index is 1.88. The summed E-state index contributed by atoms with van der Waals surface area (Å²) in [5.74, 6) is 0.641. The maximum atomic E-state index is 5.57. The summed E-state index contributed by atoms with van der Waals surface area (Å²) >= 11 is 3.64. The lowest BCUT2D eigenvalue weighted by Crippen LogP contribution is -2.27. The van der Waals surface area contributed by atoms with E-state index in [4.69, 9.17) is 4.74 Å². The van der Waals surface area contributed by atoms with Gasteiger partial charge in [0.1, 0.15) is 0 Å². The van der Waals surface area contributed by atoms with Crippen molar-refractivity contribution < 1.29 is 4.74 Å². The predicted molar refractivity (Wildman–Crippen MR) is 75.5 cm³/mol. The average molecular weight is 316 g/mol. The second-order valence-corrected chi connectivity index (χ2v) is 5.73. The van der Waals surface area contributed by atoms with Gasteiger partial charge in [-0.1, -0.05) is 6.92 Å². The third kappa shape index (κ3) is 2.95. The van der Waals surface area contributed by atoms with Gasteiger partial charge in [-0.05, 0) is 41.6 Å². The van der Waals surface area contributed by atoms with E-state index in [0.29, 0.717) is 12.0 Å². The van der Waals surface area contributed by atoms with Crippen molar-refractivity contribution in [3.63, 3.8) is 0 Å². The van der Waals surface area contributed by atoms with E-state index in [2.05, 4.69) is 40.2 Å². The summed E-state index contributed by atoms with van der Waals surface area (Å²) in [6.45, 7) is 7.06. The molecule has 2 rings (SSSR count). The van der Waals surface area contributed by atoms with Crippen LogP contribution in [0.5, 0.6) is 0 Å². The molecule has 2 atom stereocenters. The molecule has 0 bridgehead atoms. The van der Waals surface area contributed by atoms with Gasteiger partial charge in [0.05, 0.1) is 22.0 Å². The number of aromatic nitrogens is 2. The number of hydrogen-bond donors (Lipinski definition) is 1. The molecule has 1 aliphatic rings. The molecular formula is C13H22BrN3O. The van der Waals surface area contributed by atoms with Crippen LogP contribution in [0.4, 0.5) is 0 Å². The summed E-state index contributed by atoms with van der Waals surface area (Å²) in [5.41, 5.74) is 2.35. The summed E-state index contributed by atoms with van der Waals surface area (Å²) in [6.07, 6.45) is 2.52. The minimum Gasteiger partial charge on any atom is -0.378 e. The summed E-state index contributed by atoms with van der Waals surface area (Å²) in [7, 11) is 2.00. The smallest absolute Gasteiger partial charge is 0.0767 e. The largest absolute Gasteiger partial charge is 0.378 e. The van der Waals surface area contributed by atoms with E-state index >= 15 is 0 Å². The number of rotatable bonds is 5. The first-order valence-corrected chi connectivity index (χ1v) is 7.45. The lowest BCUT2D eigenvalue weighted by Gasteiger charge is -2.14. The summed E-state index contributed by atoms with van der Waals surface area (Å²) in [5, 5.41) is 8.02. The van der Waals surface area contributed by atoms with Gasteiger partial charge in [-0.15, -0.1) is 0 Å². The molecule has 102 valence electrons. The van der Waals surface area contributed by atoms with E-state index < -0.39 is 0 Å². The molecule has 2 heterocycles. The van der Waals surface area contributed by atoms with Crippen LogP contribution in [0.3, 0.4) is 0 Å². The molecule has 2 unspecified atom stereocenters. The number of halogens is 1. The first-order chi connectivity index (χ1) is 8.63. The van der Waals surface area contributed by atoms with Crippen molar-refractivity contribution in [2.24, 2.45) is 13.0 Å². The van der Waals surface area contributed by atoms with Gasteiger partial charge in [0, 0.05) is 26.7 Å². The topological polar surface area (TPSA) is 39.1 Å². The zero-order valence-electron chi connectivity index (χ0n) is 11.4. The van der Waals surface area contributed by atoms with Gasteiger partial charge in [0.15, 0.2) is 0 Å². The van der Waals surface area contributed by atoms with Gasteiger partial charge in [-0.3, -0.25) is 4.68 Å². The van der Waals surface area contributed by atoms with Gasteiger partial charge in [-0.2, -0.15) is 5.10 Å². The molecule has 4 nitrogen and oxygen atoms in total. The Kier molecular flexibility index (Phi) is 4.81. The van der Waals surface area contributed by atoms with Gasteiger partial charge in [0.2, 0.25) is 0 Å². The third-order valence-electron chi connectivity index (χ3n) is 3.74. The van der Waals surface area contributed by atoms with Gasteiger partial charge in [-0.25, -0.2) is 0 Å². The fourth-order valence-electron chi connectivity index (χ4n) is 2.43. The van der Waals surface area contributed by atoms with Crippen LogP contribution in [0, 0.1) is 5.92 Å². The summed E-state index contributed by atoms with van der Waals surface area (Å²) in [4.78, 5) is 0. The van der Waals surface area contributed by atoms with Gasteiger partial charge >= 0.3 is 0 Å². The van der Waals surface area contributed by atoms with Gasteiger partial charge < -0.3 is 10.1 Å². The van der Waals surface area contributed by atoms with Crippen LogP contribution in [-0.2, 0) is 24.8 Å². The maximum absolute atomic E-state index is 5.57. The van der Waals surface area contributed by atoms with E-state index in [1.807, 2.05) is 11.7 Å². The highest BCUT2D eigenvalue weighted by Crippen LogP contribution is 2.22. The van der Waals surface area contributed by atoms with Crippen LogP contribution >= 0.6 is 15.9 Å². The second kappa shape index (κ2) is 6.17. The van der Waals surface area contributed by atoms with Crippen molar-refractivity contribution in [2.45, 2.75) is 39.3 Å². The number of ether oxygens (including phenoxy) is 1. The molecule has 1 saturated heterocycles. The lowest BCUT2D eigenvalue weighted by molar-refractivity contribution is 0.105. The Morgan fingerprint density at radius 2 is 2.33 bits per heavy atom. The van der Waals surface area contributed by atoms with Crippen molar-refractivity contribution in [1.82, 2.24) is 15.1 Å². The molecule has 1 fully saturated rings. The van der Waals surface area contributed by atoms with Crippen LogP contribution in [0.15, 0.2) is 4.47 Å². The standard InChI is InChI=1S/C13H22BrN3O/c1-4-11-13(14)12(17(3)16-11)8-15-7-10-5-6-18-9(10)2/h9-10,15H,4-8H2,1-3H3. The molecular weight excluding hydrogens is 294 g/mol. The number of aryl methyl sites for hydroxylation is 2. The van der Waals surface area contributed by atoms with Crippen molar-refractivity contribution in [3.05, 3.63) is 15.9 Å². The van der Waals surface area contributed by atoms with E-state index in [-0.39, 0.29) is 0 Å². The molecule has 0 amide bonds. The number of hydrogen-bond acceptors (Lipinski definition) is 3. The highest BCUT2D eigenvalue weighted by Gasteiger charge is 2.23. The summed E-state index contributed by atoms with van der Waals surface area (Å²) < 4.78 is 8.68. The molecule has 1 aromatic rings. The molecule has 5 heteroatoms. The van der Waals surface area contributed by atoms with Crippen molar-refractivity contribution in [3.8, 4) is 0 Å². The molecule has 0 aromatic carbocycles. The molecule has 0 radical (unpaired) electrons. The van der Waals surface area contributed by atoms with Crippen LogP contribution in [0.2, 0.25) is 0 Å². The van der Waals surface area contributed by atoms with Crippen LogP contribution in [0.1, 0.15) is 31.7 Å². The fraction of sp³-hybridized carbons (Fsp3) is 0.769. The molecule has 0 spiro atoms. The van der Waals surface area contributed by atoms with Crippen LogP contribution in [0.25, 0.3) is 0 Å². The van der Waals surface area contributed by atoms with Crippen molar-refractivity contribution in [2.75, 3.05) is 13.2 Å². The molecule has 18 heavy (non-hydrogen) atoms. The first kappa shape index (κ1) is 14.0. The SMILES string of the molecule is CCc1nn(C)c(CNCC2CCOC2C)c1Br. The Morgan fingerprint density at radius 1 is 1.56 bits per heavy atom. The van der Waals surface area contributed by atoms with E-state index in [9.17, 15) is 0 Å². The normalized spacial score (nSPS) is 23.8. The maximum Gasteiger partial charge on any atom is 0.0767 e. The zero-order valence-corrected chi connectivity index (χ0v) is 13.0. The molecule has 1 aromatic heterocycles. The average Bonchev–Trinajstić information content (AvgIpc) is 2.87. The molecule has 0 saturated carbocycles. The number of nitrogens with one attached hydrogen (secondary N) is 1. The lowest BCUT2D eigenvalue weighted by atomic mass is 10.0. The zero-order chi connectivity index (χ0) is 13.1. The predicted octanol–water partition coefficient (Wildman–Crippen LogP) is 2.26. The highest BCUT2D eigenvalue weighted by molar-refractivity contribution is 9.10. The minimum atomic E-state index is 0.388. The minimum absolute atomic E-state index is 0.388. The van der Waals surface area contributed by atoms with Crippen molar-refractivity contribution in [1.29, 1.82) is 0 Å². The molecule has 1 N–H and O–H groups in total. The second-order valence-electron chi connectivity index (χ2n) is 4.94. The Morgan fingerprint density at radius 3 is 2.89 bits per heavy atom. The first-order valence-electron chi connectivity index (χ1n) is 6.66. The molecule has 1 aliphatic heterocycles. The Bertz CT molecular complexity index is 405. The van der Waals surface area contributed by atoms with E-state index in [1.54, 1.807) is 0 Å². The molecule has 0 aliphatic carbocycles. The van der Waals surface area contributed by atoms with Crippen LogP contribution < -0.4 is 5.32 Å². The highest BCUT2D eigenvalue weighted by atomic mass is 79.9. The van der Waals surface area contributed by atoms with E-state index in [1.165, 1.54) is 12.1 Å². The monoisotopic (exact) mass is 315 g/mol. The Hall–Kier alpha value is -0.390. The number of nitrogens with zero attached hydrogens (tertiary/aromatic N) is 2. The van der Waals surface area contributed by atoms with Crippen LogP contribution in [-0.4, -0.2) is 29.0 Å². The van der Waals surface area contributed by atoms with Crippen molar-refractivity contribution >= 4 is 15.9 Å². The summed E-state index contributed by atoms with van der Waals surface area (Å²) in [6, 6.07) is 0. The third-order valence-corrected chi connectivity index (χ3v) is 4.65. The fourth-order valence-corrected chi connectivity index (χ4v) is 3.19. The van der Waals surface area contributed by atoms with E-state index in [0.717, 1.165) is 36.3 Å². The quantitative estimate of drug-likeness (QED) is 0.906. The Labute approximate surface area is 117 Å².